The highest BCUT2D eigenvalue weighted by atomic mass is 16.5. The van der Waals surface area contributed by atoms with E-state index in [-0.39, 0.29) is 0 Å². The molecule has 0 atom stereocenters. The van der Waals surface area contributed by atoms with Gasteiger partial charge in [0, 0.05) is 6.54 Å². The maximum absolute atomic E-state index is 5.60. The smallest absolute Gasteiger partial charge is 0.119 e. The molecule has 0 spiro atoms. The van der Waals surface area contributed by atoms with E-state index < -0.39 is 0 Å². The second kappa shape index (κ2) is 5.01. The van der Waals surface area contributed by atoms with Crippen LogP contribution in [0.25, 0.3) is 0 Å². The summed E-state index contributed by atoms with van der Waals surface area (Å²) in [4.78, 5) is 2.45. The predicted molar refractivity (Wildman–Crippen MR) is 56.4 cm³/mol. The lowest BCUT2D eigenvalue weighted by molar-refractivity contribution is 0.238. The third kappa shape index (κ3) is 2.74. The Morgan fingerprint density at radius 2 is 2.21 bits per heavy atom. The molecule has 1 aromatic rings. The Kier molecular flexibility index (Phi) is 3.41. The van der Waals surface area contributed by atoms with Crippen LogP contribution in [0.4, 0.5) is 0 Å². The maximum Gasteiger partial charge on any atom is 0.119 e. The molecule has 0 aromatic heterocycles. The van der Waals surface area contributed by atoms with Crippen molar-refractivity contribution in [2.45, 2.75) is 12.8 Å². The molecule has 0 bridgehead atoms. The van der Waals surface area contributed by atoms with Crippen LogP contribution in [0.5, 0.6) is 5.75 Å². The number of nitrogens with zero attached hydrogens (tertiary/aromatic N) is 1. The number of hydrogen-bond donors (Lipinski definition) is 0. The molecule has 1 aromatic carbocycles. The lowest BCUT2D eigenvalue weighted by Crippen LogP contribution is -2.25. The fourth-order valence-electron chi connectivity index (χ4n) is 1.77. The second-order valence-corrected chi connectivity index (χ2v) is 3.64. The van der Waals surface area contributed by atoms with Crippen molar-refractivity contribution in [2.75, 3.05) is 26.2 Å². The Hall–Kier alpha value is -1.02. The average molecular weight is 190 g/mol. The highest BCUT2D eigenvalue weighted by molar-refractivity contribution is 5.19. The number of rotatable bonds is 4. The minimum atomic E-state index is 0.790. The van der Waals surface area contributed by atoms with Gasteiger partial charge >= 0.3 is 0 Å². The Labute approximate surface area is 85.5 Å². The molecule has 0 N–H and O–H groups in total. The summed E-state index contributed by atoms with van der Waals surface area (Å²) in [5, 5.41) is 0. The van der Waals surface area contributed by atoms with Crippen molar-refractivity contribution in [3.05, 3.63) is 30.3 Å². The number of benzene rings is 1. The molecule has 1 saturated heterocycles. The Morgan fingerprint density at radius 1 is 1.36 bits per heavy atom. The predicted octanol–water partition coefficient (Wildman–Crippen LogP) is 1.96. The molecule has 2 rings (SSSR count). The molecule has 1 radical (unpaired) electrons. The van der Waals surface area contributed by atoms with Gasteiger partial charge in [0.15, 0.2) is 0 Å². The number of ether oxygens (including phenoxy) is 1. The fourth-order valence-corrected chi connectivity index (χ4v) is 1.77. The monoisotopic (exact) mass is 190 g/mol. The Morgan fingerprint density at radius 3 is 2.93 bits per heavy atom. The van der Waals surface area contributed by atoms with Crippen LogP contribution in [-0.4, -0.2) is 31.1 Å². The third-order valence-corrected chi connectivity index (χ3v) is 2.55. The summed E-state index contributed by atoms with van der Waals surface area (Å²) in [6.07, 6.45) is 2.69. The zero-order valence-corrected chi connectivity index (χ0v) is 8.41. The molecule has 0 saturated carbocycles. The van der Waals surface area contributed by atoms with Crippen molar-refractivity contribution >= 4 is 0 Å². The summed E-state index contributed by atoms with van der Waals surface area (Å²) in [7, 11) is 0. The lowest BCUT2D eigenvalue weighted by atomic mass is 10.3. The summed E-state index contributed by atoms with van der Waals surface area (Å²) in [6.45, 7) is 4.32. The third-order valence-electron chi connectivity index (χ3n) is 2.55. The summed E-state index contributed by atoms with van der Waals surface area (Å²) < 4.78 is 5.60. The van der Waals surface area contributed by atoms with E-state index in [1.807, 2.05) is 24.3 Å². The maximum atomic E-state index is 5.60. The first-order chi connectivity index (χ1) is 6.95. The van der Waals surface area contributed by atoms with Crippen LogP contribution in [0.3, 0.4) is 0 Å². The zero-order chi connectivity index (χ0) is 9.64. The van der Waals surface area contributed by atoms with Gasteiger partial charge in [-0.05, 0) is 44.1 Å². The molecule has 1 aliphatic rings. The van der Waals surface area contributed by atoms with Gasteiger partial charge in [-0.3, -0.25) is 4.90 Å². The average Bonchev–Trinajstić information content (AvgIpc) is 2.72. The van der Waals surface area contributed by atoms with Crippen molar-refractivity contribution < 1.29 is 4.74 Å². The van der Waals surface area contributed by atoms with Crippen LogP contribution in [-0.2, 0) is 0 Å². The van der Waals surface area contributed by atoms with Gasteiger partial charge in [0.1, 0.15) is 12.4 Å². The van der Waals surface area contributed by atoms with Gasteiger partial charge in [0.2, 0.25) is 0 Å². The molecular weight excluding hydrogens is 174 g/mol. The van der Waals surface area contributed by atoms with Crippen LogP contribution in [0.1, 0.15) is 12.8 Å². The van der Waals surface area contributed by atoms with E-state index in [0.717, 1.165) is 18.9 Å². The summed E-state index contributed by atoms with van der Waals surface area (Å²) >= 11 is 0. The Balaban J connectivity index is 1.67. The summed E-state index contributed by atoms with van der Waals surface area (Å²) in [5.41, 5.74) is 0. The van der Waals surface area contributed by atoms with Gasteiger partial charge in [-0.2, -0.15) is 0 Å². The molecule has 1 heterocycles. The lowest BCUT2D eigenvalue weighted by Gasteiger charge is -2.14. The fraction of sp³-hybridized carbons (Fsp3) is 0.500. The number of likely N-dealkylation sites (tertiary alicyclic amines) is 1. The van der Waals surface area contributed by atoms with Crippen molar-refractivity contribution in [1.29, 1.82) is 0 Å². The molecule has 14 heavy (non-hydrogen) atoms. The SMILES string of the molecule is [c]1cccc(OCCN2CCCC2)c1. The van der Waals surface area contributed by atoms with E-state index in [4.69, 9.17) is 4.74 Å². The molecule has 0 unspecified atom stereocenters. The normalized spacial score (nSPS) is 17.1. The first-order valence-corrected chi connectivity index (χ1v) is 5.26. The molecular formula is C12H16NO. The molecule has 0 aliphatic carbocycles. The first-order valence-electron chi connectivity index (χ1n) is 5.26. The first kappa shape index (κ1) is 9.53. The standard InChI is InChI=1S/C12H16NO/c1-2-6-12(7-3-1)14-11-10-13-8-4-5-9-13/h1-2,6-7H,4-5,8-11H2. The van der Waals surface area contributed by atoms with Gasteiger partial charge < -0.3 is 4.74 Å². The summed E-state index contributed by atoms with van der Waals surface area (Å²) in [5.74, 6) is 0.923. The van der Waals surface area contributed by atoms with Crippen molar-refractivity contribution in [3.63, 3.8) is 0 Å². The molecule has 1 fully saturated rings. The van der Waals surface area contributed by atoms with E-state index in [1.54, 1.807) is 0 Å². The van der Waals surface area contributed by atoms with Crippen molar-refractivity contribution in [3.8, 4) is 5.75 Å². The number of hydrogen-bond acceptors (Lipinski definition) is 2. The van der Waals surface area contributed by atoms with Gasteiger partial charge in [-0.1, -0.05) is 12.1 Å². The second-order valence-electron chi connectivity index (χ2n) is 3.64. The zero-order valence-electron chi connectivity index (χ0n) is 8.41. The molecule has 75 valence electrons. The summed E-state index contributed by atoms with van der Waals surface area (Å²) in [6, 6.07) is 10.7. The van der Waals surface area contributed by atoms with Crippen LogP contribution in [0.15, 0.2) is 24.3 Å². The van der Waals surface area contributed by atoms with Gasteiger partial charge in [0.25, 0.3) is 0 Å². The van der Waals surface area contributed by atoms with Crippen LogP contribution in [0.2, 0.25) is 0 Å². The van der Waals surface area contributed by atoms with Gasteiger partial charge in [0.05, 0.1) is 0 Å². The largest absolute Gasteiger partial charge is 0.492 e. The van der Waals surface area contributed by atoms with Crippen molar-refractivity contribution in [1.82, 2.24) is 4.90 Å². The minimum Gasteiger partial charge on any atom is -0.492 e. The quantitative estimate of drug-likeness (QED) is 0.719. The van der Waals surface area contributed by atoms with E-state index in [0.29, 0.717) is 0 Å². The van der Waals surface area contributed by atoms with Crippen LogP contribution in [0, 0.1) is 6.07 Å². The molecule has 2 nitrogen and oxygen atoms in total. The molecule has 2 heteroatoms. The van der Waals surface area contributed by atoms with Gasteiger partial charge in [-0.25, -0.2) is 0 Å². The minimum absolute atomic E-state index is 0.790. The highest BCUT2D eigenvalue weighted by Crippen LogP contribution is 2.09. The van der Waals surface area contributed by atoms with E-state index in [1.165, 1.54) is 25.9 Å². The van der Waals surface area contributed by atoms with E-state index in [2.05, 4.69) is 11.0 Å². The van der Waals surface area contributed by atoms with E-state index >= 15 is 0 Å². The van der Waals surface area contributed by atoms with Gasteiger partial charge in [-0.15, -0.1) is 0 Å². The van der Waals surface area contributed by atoms with Crippen molar-refractivity contribution in [2.24, 2.45) is 0 Å². The topological polar surface area (TPSA) is 12.5 Å². The van der Waals surface area contributed by atoms with Crippen LogP contribution >= 0.6 is 0 Å². The highest BCUT2D eigenvalue weighted by Gasteiger charge is 2.10. The Bertz CT molecular complexity index is 254. The molecule has 0 amide bonds. The van der Waals surface area contributed by atoms with Crippen LogP contribution < -0.4 is 4.74 Å². The van der Waals surface area contributed by atoms with E-state index in [9.17, 15) is 0 Å². The molecule has 1 aliphatic heterocycles.